The highest BCUT2D eigenvalue weighted by Crippen LogP contribution is 2.36. The molecule has 5 heteroatoms. The number of Topliss-reactive ketones (excluding diaryl/α,β-unsaturated/α-hetero) is 1. The SMILES string of the molecule is CCCC(=O)c1cnc2c(OC)cc(OCc3ccccc3)cc2c1Cl. The highest BCUT2D eigenvalue weighted by Gasteiger charge is 2.17. The summed E-state index contributed by atoms with van der Waals surface area (Å²) in [6, 6.07) is 13.5. The van der Waals surface area contributed by atoms with Crippen molar-refractivity contribution in [2.75, 3.05) is 7.11 Å². The second-order valence-electron chi connectivity index (χ2n) is 5.96. The molecule has 0 aliphatic heterocycles. The topological polar surface area (TPSA) is 48.4 Å². The Morgan fingerprint density at radius 3 is 2.65 bits per heavy atom. The summed E-state index contributed by atoms with van der Waals surface area (Å²) >= 11 is 6.52. The van der Waals surface area contributed by atoms with Crippen LogP contribution in [0.15, 0.2) is 48.7 Å². The first kappa shape index (κ1) is 18.2. The van der Waals surface area contributed by atoms with E-state index in [1.807, 2.05) is 37.3 Å². The molecule has 0 saturated carbocycles. The van der Waals surface area contributed by atoms with E-state index in [0.29, 0.717) is 46.0 Å². The third-order valence-corrected chi connectivity index (χ3v) is 4.50. The van der Waals surface area contributed by atoms with Crippen LogP contribution in [0.2, 0.25) is 5.02 Å². The molecule has 0 saturated heterocycles. The smallest absolute Gasteiger partial charge is 0.165 e. The average molecular weight is 370 g/mol. The molecule has 0 atom stereocenters. The predicted octanol–water partition coefficient (Wildman–Crippen LogP) is 5.46. The van der Waals surface area contributed by atoms with Crippen LogP contribution in [0.4, 0.5) is 0 Å². The summed E-state index contributed by atoms with van der Waals surface area (Å²) in [7, 11) is 1.57. The van der Waals surface area contributed by atoms with Gasteiger partial charge in [0.05, 0.1) is 17.7 Å². The molecule has 134 valence electrons. The van der Waals surface area contributed by atoms with Gasteiger partial charge in [0, 0.05) is 24.1 Å². The lowest BCUT2D eigenvalue weighted by Gasteiger charge is -2.13. The highest BCUT2D eigenvalue weighted by atomic mass is 35.5. The molecule has 3 rings (SSSR count). The molecule has 4 nitrogen and oxygen atoms in total. The molecule has 2 aromatic carbocycles. The Balaban J connectivity index is 1.99. The zero-order chi connectivity index (χ0) is 18.5. The summed E-state index contributed by atoms with van der Waals surface area (Å²) in [5, 5.41) is 1.04. The second-order valence-corrected chi connectivity index (χ2v) is 6.33. The van der Waals surface area contributed by atoms with E-state index in [0.717, 1.165) is 12.0 Å². The van der Waals surface area contributed by atoms with Crippen molar-refractivity contribution in [1.82, 2.24) is 4.98 Å². The maximum absolute atomic E-state index is 12.3. The van der Waals surface area contributed by atoms with Crippen LogP contribution >= 0.6 is 11.6 Å². The van der Waals surface area contributed by atoms with Crippen LogP contribution in [0.25, 0.3) is 10.9 Å². The van der Waals surface area contributed by atoms with E-state index < -0.39 is 0 Å². The summed E-state index contributed by atoms with van der Waals surface area (Å²) in [5.41, 5.74) is 2.10. The lowest BCUT2D eigenvalue weighted by atomic mass is 10.1. The number of pyridine rings is 1. The zero-order valence-electron chi connectivity index (χ0n) is 14.8. The van der Waals surface area contributed by atoms with E-state index in [1.54, 1.807) is 19.2 Å². The Hall–Kier alpha value is -2.59. The van der Waals surface area contributed by atoms with Crippen LogP contribution in [-0.2, 0) is 6.61 Å². The summed E-state index contributed by atoms with van der Waals surface area (Å²) < 4.78 is 11.3. The fourth-order valence-electron chi connectivity index (χ4n) is 2.75. The van der Waals surface area contributed by atoms with Crippen LogP contribution < -0.4 is 9.47 Å². The molecule has 0 fully saturated rings. The molecular weight excluding hydrogens is 350 g/mol. The number of fused-ring (bicyclic) bond motifs is 1. The Morgan fingerprint density at radius 1 is 1.19 bits per heavy atom. The molecule has 0 bridgehead atoms. The predicted molar refractivity (Wildman–Crippen MR) is 103 cm³/mol. The summed E-state index contributed by atoms with van der Waals surface area (Å²) in [6.45, 7) is 2.38. The Bertz CT molecular complexity index is 925. The molecule has 1 aromatic heterocycles. The Kier molecular flexibility index (Phi) is 5.74. The molecule has 0 aliphatic carbocycles. The van der Waals surface area contributed by atoms with Crippen LogP contribution in [0.3, 0.4) is 0 Å². The standard InChI is InChI=1S/C21H20ClNO3/c1-3-7-18(24)17-12-23-21-16(20(17)22)10-15(11-19(21)25-2)26-13-14-8-5-4-6-9-14/h4-6,8-12H,3,7,13H2,1-2H3. The van der Waals surface area contributed by atoms with Gasteiger partial charge in [0.25, 0.3) is 0 Å². The quantitative estimate of drug-likeness (QED) is 0.519. The summed E-state index contributed by atoms with van der Waals surface area (Å²) in [5.74, 6) is 1.16. The summed E-state index contributed by atoms with van der Waals surface area (Å²) in [4.78, 5) is 16.7. The van der Waals surface area contributed by atoms with Gasteiger partial charge in [-0.3, -0.25) is 9.78 Å². The molecule has 0 N–H and O–H groups in total. The van der Waals surface area contributed by atoms with E-state index in [2.05, 4.69) is 4.98 Å². The molecular formula is C21H20ClNO3. The minimum absolute atomic E-state index is 0.0125. The van der Waals surface area contributed by atoms with E-state index in [-0.39, 0.29) is 5.78 Å². The highest BCUT2D eigenvalue weighted by molar-refractivity contribution is 6.38. The molecule has 0 radical (unpaired) electrons. The summed E-state index contributed by atoms with van der Waals surface area (Å²) in [6.07, 6.45) is 2.72. The maximum atomic E-state index is 12.3. The minimum Gasteiger partial charge on any atom is -0.494 e. The monoisotopic (exact) mass is 369 g/mol. The van der Waals surface area contributed by atoms with Crippen LogP contribution in [-0.4, -0.2) is 17.9 Å². The first-order valence-electron chi connectivity index (χ1n) is 8.50. The van der Waals surface area contributed by atoms with Crippen LogP contribution in [0, 0.1) is 0 Å². The number of aromatic nitrogens is 1. The van der Waals surface area contributed by atoms with Crippen molar-refractivity contribution < 1.29 is 14.3 Å². The van der Waals surface area contributed by atoms with Crippen molar-refractivity contribution in [3.63, 3.8) is 0 Å². The molecule has 0 unspecified atom stereocenters. The number of carbonyl (C=O) groups is 1. The van der Waals surface area contributed by atoms with Crippen LogP contribution in [0.5, 0.6) is 11.5 Å². The largest absolute Gasteiger partial charge is 0.494 e. The van der Waals surface area contributed by atoms with Crippen molar-refractivity contribution in [2.24, 2.45) is 0 Å². The molecule has 0 aliphatic rings. The number of hydrogen-bond acceptors (Lipinski definition) is 4. The van der Waals surface area contributed by atoms with Gasteiger partial charge in [0.1, 0.15) is 23.6 Å². The van der Waals surface area contributed by atoms with Gasteiger partial charge in [-0.05, 0) is 18.1 Å². The molecule has 0 spiro atoms. The lowest BCUT2D eigenvalue weighted by Crippen LogP contribution is -2.02. The van der Waals surface area contributed by atoms with Gasteiger partial charge in [-0.1, -0.05) is 48.9 Å². The van der Waals surface area contributed by atoms with Gasteiger partial charge < -0.3 is 9.47 Å². The molecule has 26 heavy (non-hydrogen) atoms. The second kappa shape index (κ2) is 8.19. The number of rotatable bonds is 7. The molecule has 0 amide bonds. The van der Waals surface area contributed by atoms with Gasteiger partial charge in [-0.25, -0.2) is 0 Å². The van der Waals surface area contributed by atoms with Gasteiger partial charge in [-0.15, -0.1) is 0 Å². The van der Waals surface area contributed by atoms with Crippen molar-refractivity contribution >= 4 is 28.3 Å². The van der Waals surface area contributed by atoms with Crippen molar-refractivity contribution in [3.8, 4) is 11.5 Å². The molecule has 1 heterocycles. The van der Waals surface area contributed by atoms with Crippen molar-refractivity contribution in [3.05, 3.63) is 64.8 Å². The van der Waals surface area contributed by atoms with E-state index in [1.165, 1.54) is 6.20 Å². The van der Waals surface area contributed by atoms with Crippen molar-refractivity contribution in [2.45, 2.75) is 26.4 Å². The fraction of sp³-hybridized carbons (Fsp3) is 0.238. The number of ether oxygens (including phenoxy) is 2. The fourth-order valence-corrected chi connectivity index (χ4v) is 3.05. The van der Waals surface area contributed by atoms with Crippen molar-refractivity contribution in [1.29, 1.82) is 0 Å². The van der Waals surface area contributed by atoms with Gasteiger partial charge in [-0.2, -0.15) is 0 Å². The minimum atomic E-state index is -0.0125. The number of ketones is 1. The number of methoxy groups -OCH3 is 1. The maximum Gasteiger partial charge on any atom is 0.165 e. The number of halogens is 1. The first-order valence-corrected chi connectivity index (χ1v) is 8.88. The third-order valence-electron chi connectivity index (χ3n) is 4.09. The van der Waals surface area contributed by atoms with E-state index in [9.17, 15) is 4.79 Å². The normalized spacial score (nSPS) is 10.7. The first-order chi connectivity index (χ1) is 12.6. The lowest BCUT2D eigenvalue weighted by molar-refractivity contribution is 0.0981. The van der Waals surface area contributed by atoms with E-state index in [4.69, 9.17) is 21.1 Å². The Labute approximate surface area is 157 Å². The van der Waals surface area contributed by atoms with Gasteiger partial charge in [0.15, 0.2) is 5.78 Å². The molecule has 3 aromatic rings. The van der Waals surface area contributed by atoms with E-state index >= 15 is 0 Å². The van der Waals surface area contributed by atoms with Gasteiger partial charge >= 0.3 is 0 Å². The number of hydrogen-bond donors (Lipinski definition) is 0. The van der Waals surface area contributed by atoms with Gasteiger partial charge in [0.2, 0.25) is 0 Å². The average Bonchev–Trinajstić information content (AvgIpc) is 2.67. The zero-order valence-corrected chi connectivity index (χ0v) is 15.5. The number of carbonyl (C=O) groups excluding carboxylic acids is 1. The number of nitrogens with zero attached hydrogens (tertiary/aromatic N) is 1. The number of benzene rings is 2. The Morgan fingerprint density at radius 2 is 1.96 bits per heavy atom. The third kappa shape index (κ3) is 3.81. The van der Waals surface area contributed by atoms with Crippen LogP contribution in [0.1, 0.15) is 35.7 Å².